The third-order valence-electron chi connectivity index (χ3n) is 0.918. The zero-order valence-electron chi connectivity index (χ0n) is 4.76. The Bertz CT molecular complexity index is 116. The monoisotopic (exact) mass is 112 g/mol. The first-order chi connectivity index (χ1) is 3.72. The highest BCUT2D eigenvalue weighted by atomic mass is 16.2. The van der Waals surface area contributed by atoms with Crippen molar-refractivity contribution >= 4 is 12.1 Å². The Kier molecular flexibility index (Phi) is 2.77. The van der Waals surface area contributed by atoms with Crippen LogP contribution in [0.5, 0.6) is 0 Å². The van der Waals surface area contributed by atoms with Gasteiger partial charge in [-0.15, -0.1) is 6.58 Å². The Morgan fingerprint density at radius 3 is 2.38 bits per heavy atom. The molecule has 1 unspecified atom stereocenters. The van der Waals surface area contributed by atoms with E-state index in [9.17, 15) is 9.59 Å². The van der Waals surface area contributed by atoms with E-state index in [1.54, 1.807) is 6.92 Å². The van der Waals surface area contributed by atoms with E-state index in [2.05, 4.69) is 6.58 Å². The van der Waals surface area contributed by atoms with Crippen molar-refractivity contribution in [3.8, 4) is 0 Å². The molecular formula is C6H8O2. The van der Waals surface area contributed by atoms with Crippen molar-refractivity contribution in [2.45, 2.75) is 6.92 Å². The minimum atomic E-state index is -0.417. The Hall–Kier alpha value is -0.920. The Morgan fingerprint density at radius 1 is 1.75 bits per heavy atom. The second-order valence-corrected chi connectivity index (χ2v) is 1.54. The highest BCUT2D eigenvalue weighted by molar-refractivity contribution is 6.26. The van der Waals surface area contributed by atoms with Crippen LogP contribution in [0.4, 0.5) is 0 Å². The number of hydrogen-bond acceptors (Lipinski definition) is 2. The normalized spacial score (nSPS) is 12.1. The molecule has 0 heterocycles. The minimum Gasteiger partial charge on any atom is -0.295 e. The van der Waals surface area contributed by atoms with Crippen molar-refractivity contribution in [3.05, 3.63) is 12.7 Å². The fourth-order valence-electron chi connectivity index (χ4n) is 0.223. The van der Waals surface area contributed by atoms with Gasteiger partial charge in [0.1, 0.15) is 0 Å². The minimum absolute atomic E-state index is 0.312. The number of allylic oxidation sites excluding steroid dienone is 1. The molecule has 0 N–H and O–H groups in total. The summed E-state index contributed by atoms with van der Waals surface area (Å²) in [5.41, 5.74) is 0. The van der Waals surface area contributed by atoms with Crippen LogP contribution in [-0.4, -0.2) is 12.1 Å². The average Bonchev–Trinajstić information content (AvgIpc) is 1.84. The smallest absolute Gasteiger partial charge is 0.201 e. The molecule has 2 nitrogen and oxygen atoms in total. The van der Waals surface area contributed by atoms with Crippen LogP contribution in [-0.2, 0) is 9.59 Å². The molecule has 8 heavy (non-hydrogen) atoms. The van der Waals surface area contributed by atoms with Gasteiger partial charge >= 0.3 is 0 Å². The molecule has 0 rings (SSSR count). The van der Waals surface area contributed by atoms with E-state index in [0.717, 1.165) is 0 Å². The topological polar surface area (TPSA) is 34.1 Å². The third kappa shape index (κ3) is 1.69. The quantitative estimate of drug-likeness (QED) is 0.304. The Balaban J connectivity index is 3.80. The Morgan fingerprint density at radius 2 is 2.25 bits per heavy atom. The third-order valence-corrected chi connectivity index (χ3v) is 0.918. The fraction of sp³-hybridized carbons (Fsp3) is 0.333. The lowest BCUT2D eigenvalue weighted by Gasteiger charge is -1.92. The predicted octanol–water partition coefficient (Wildman–Crippen LogP) is 0.577. The summed E-state index contributed by atoms with van der Waals surface area (Å²) in [6.45, 7) is 4.98. The number of carbonyl (C=O) groups is 2. The van der Waals surface area contributed by atoms with Crippen molar-refractivity contribution in [2.24, 2.45) is 5.92 Å². The SMILES string of the molecule is C=CC(C)C(=O)C=O. The summed E-state index contributed by atoms with van der Waals surface area (Å²) in [5.74, 6) is -0.743. The summed E-state index contributed by atoms with van der Waals surface area (Å²) in [6, 6.07) is 0. The molecule has 0 aliphatic heterocycles. The van der Waals surface area contributed by atoms with Gasteiger partial charge in [-0.1, -0.05) is 13.0 Å². The summed E-state index contributed by atoms with van der Waals surface area (Å²) in [6.07, 6.45) is 1.75. The molecule has 0 spiro atoms. The first-order valence-electron chi connectivity index (χ1n) is 2.34. The van der Waals surface area contributed by atoms with Gasteiger partial charge in [0.25, 0.3) is 0 Å². The lowest BCUT2D eigenvalue weighted by Crippen LogP contribution is -2.07. The zero-order valence-corrected chi connectivity index (χ0v) is 4.76. The van der Waals surface area contributed by atoms with Crippen LogP contribution < -0.4 is 0 Å². The number of ketones is 1. The van der Waals surface area contributed by atoms with E-state index >= 15 is 0 Å². The van der Waals surface area contributed by atoms with Gasteiger partial charge < -0.3 is 0 Å². The van der Waals surface area contributed by atoms with Crippen molar-refractivity contribution in [3.63, 3.8) is 0 Å². The van der Waals surface area contributed by atoms with Gasteiger partial charge in [-0.05, 0) is 0 Å². The van der Waals surface area contributed by atoms with E-state index in [4.69, 9.17) is 0 Å². The van der Waals surface area contributed by atoms with Gasteiger partial charge in [0.05, 0.1) is 0 Å². The van der Waals surface area contributed by atoms with E-state index in [0.29, 0.717) is 6.29 Å². The van der Waals surface area contributed by atoms with E-state index in [1.807, 2.05) is 0 Å². The molecule has 0 aromatic rings. The van der Waals surface area contributed by atoms with Crippen molar-refractivity contribution < 1.29 is 9.59 Å². The van der Waals surface area contributed by atoms with E-state index < -0.39 is 5.78 Å². The van der Waals surface area contributed by atoms with Crippen LogP contribution in [0.15, 0.2) is 12.7 Å². The molecular weight excluding hydrogens is 104 g/mol. The van der Waals surface area contributed by atoms with Gasteiger partial charge in [0.2, 0.25) is 5.78 Å². The van der Waals surface area contributed by atoms with Crippen LogP contribution in [0, 0.1) is 5.92 Å². The summed E-state index contributed by atoms with van der Waals surface area (Å²) >= 11 is 0. The molecule has 2 heteroatoms. The molecule has 0 aliphatic rings. The van der Waals surface area contributed by atoms with Crippen LogP contribution in [0.2, 0.25) is 0 Å². The van der Waals surface area contributed by atoms with Gasteiger partial charge in [-0.25, -0.2) is 0 Å². The molecule has 1 atom stereocenters. The number of carbonyl (C=O) groups excluding carboxylic acids is 2. The maximum atomic E-state index is 10.3. The van der Waals surface area contributed by atoms with Crippen LogP contribution in [0.1, 0.15) is 6.92 Å². The lowest BCUT2D eigenvalue weighted by molar-refractivity contribution is -0.131. The molecule has 0 radical (unpaired) electrons. The van der Waals surface area contributed by atoms with Crippen LogP contribution in [0.25, 0.3) is 0 Å². The standard InChI is InChI=1S/C6H8O2/c1-3-5(2)6(8)4-7/h3-5H,1H2,2H3. The second kappa shape index (κ2) is 3.13. The van der Waals surface area contributed by atoms with Crippen molar-refractivity contribution in [2.75, 3.05) is 0 Å². The summed E-state index contributed by atoms with van der Waals surface area (Å²) < 4.78 is 0. The molecule has 0 saturated heterocycles. The van der Waals surface area contributed by atoms with E-state index in [1.165, 1.54) is 6.08 Å². The molecule has 0 bridgehead atoms. The molecule has 44 valence electrons. The maximum absolute atomic E-state index is 10.3. The van der Waals surface area contributed by atoms with Gasteiger partial charge in [0, 0.05) is 5.92 Å². The van der Waals surface area contributed by atoms with Gasteiger partial charge in [0.15, 0.2) is 6.29 Å². The molecule has 0 amide bonds. The molecule has 0 saturated carbocycles. The molecule has 0 aromatic heterocycles. The summed E-state index contributed by atoms with van der Waals surface area (Å²) in [7, 11) is 0. The highest BCUT2D eigenvalue weighted by Crippen LogP contribution is 1.93. The van der Waals surface area contributed by atoms with Crippen LogP contribution in [0.3, 0.4) is 0 Å². The number of Topliss-reactive ketones (excluding diaryl/α,β-unsaturated/α-hetero) is 1. The number of hydrogen-bond donors (Lipinski definition) is 0. The van der Waals surface area contributed by atoms with Crippen molar-refractivity contribution in [1.82, 2.24) is 0 Å². The molecule has 0 aliphatic carbocycles. The fourth-order valence-corrected chi connectivity index (χ4v) is 0.223. The highest BCUT2D eigenvalue weighted by Gasteiger charge is 2.04. The zero-order chi connectivity index (χ0) is 6.57. The predicted molar refractivity (Wildman–Crippen MR) is 30.4 cm³/mol. The number of rotatable bonds is 3. The first kappa shape index (κ1) is 7.08. The largest absolute Gasteiger partial charge is 0.295 e. The summed E-state index contributed by atoms with van der Waals surface area (Å²) in [4.78, 5) is 20.0. The number of aldehydes is 1. The van der Waals surface area contributed by atoms with Crippen LogP contribution >= 0.6 is 0 Å². The van der Waals surface area contributed by atoms with Crippen molar-refractivity contribution in [1.29, 1.82) is 0 Å². The van der Waals surface area contributed by atoms with E-state index in [-0.39, 0.29) is 5.92 Å². The molecule has 0 aromatic carbocycles. The van der Waals surface area contributed by atoms with Gasteiger partial charge in [-0.2, -0.15) is 0 Å². The first-order valence-corrected chi connectivity index (χ1v) is 2.34. The maximum Gasteiger partial charge on any atom is 0.201 e. The lowest BCUT2D eigenvalue weighted by atomic mass is 10.1. The van der Waals surface area contributed by atoms with Gasteiger partial charge in [-0.3, -0.25) is 9.59 Å². The summed E-state index contributed by atoms with van der Waals surface area (Å²) in [5, 5.41) is 0. The Labute approximate surface area is 48.2 Å². The second-order valence-electron chi connectivity index (χ2n) is 1.54. The molecule has 0 fully saturated rings. The average molecular weight is 112 g/mol.